The molecule has 0 bridgehead atoms. The van der Waals surface area contributed by atoms with E-state index >= 15 is 0 Å². The summed E-state index contributed by atoms with van der Waals surface area (Å²) in [6.07, 6.45) is -0.392. The second-order valence-corrected chi connectivity index (χ2v) is 4.50. The predicted molar refractivity (Wildman–Crippen MR) is 70.4 cm³/mol. The van der Waals surface area contributed by atoms with Crippen molar-refractivity contribution in [3.8, 4) is 5.75 Å². The Morgan fingerprint density at radius 1 is 1.06 bits per heavy atom. The highest BCUT2D eigenvalue weighted by Gasteiger charge is 2.30. The zero-order valence-electron chi connectivity index (χ0n) is 9.39. The first kappa shape index (κ1) is 11.1. The van der Waals surface area contributed by atoms with E-state index in [2.05, 4.69) is 0 Å². The maximum absolute atomic E-state index is 11.2. The third-order valence-corrected chi connectivity index (χ3v) is 3.22. The van der Waals surface area contributed by atoms with Gasteiger partial charge >= 0.3 is 0 Å². The van der Waals surface area contributed by atoms with E-state index in [-0.39, 0.29) is 0 Å². The van der Waals surface area contributed by atoms with Gasteiger partial charge in [0.25, 0.3) is 0 Å². The van der Waals surface area contributed by atoms with Crippen molar-refractivity contribution in [3.63, 3.8) is 0 Å². The minimum atomic E-state index is -0.392. The molecule has 1 atom stereocenters. The standard InChI is InChI=1S/C15H9ClO2/c16-11-7-5-10(6-8-11)15-13(9-17)12-3-1-2-4-14(12)18-15/h1-8,15H. The van der Waals surface area contributed by atoms with Gasteiger partial charge in [-0.2, -0.15) is 0 Å². The van der Waals surface area contributed by atoms with E-state index in [0.29, 0.717) is 10.6 Å². The lowest BCUT2D eigenvalue weighted by Gasteiger charge is -2.10. The van der Waals surface area contributed by atoms with E-state index in [1.165, 1.54) is 0 Å². The zero-order valence-corrected chi connectivity index (χ0v) is 10.1. The van der Waals surface area contributed by atoms with Crippen LogP contribution in [0.3, 0.4) is 0 Å². The van der Waals surface area contributed by atoms with Crippen molar-refractivity contribution in [1.29, 1.82) is 0 Å². The lowest BCUT2D eigenvalue weighted by Crippen LogP contribution is -2.02. The summed E-state index contributed by atoms with van der Waals surface area (Å²) in [7, 11) is 0. The van der Waals surface area contributed by atoms with Gasteiger partial charge in [0.15, 0.2) is 6.10 Å². The summed E-state index contributed by atoms with van der Waals surface area (Å²) in [5, 5.41) is 0.658. The summed E-state index contributed by atoms with van der Waals surface area (Å²) in [6.45, 7) is 0. The molecule has 0 saturated heterocycles. The number of hydrogen-bond acceptors (Lipinski definition) is 2. The molecule has 0 aromatic heterocycles. The summed E-state index contributed by atoms with van der Waals surface area (Å²) in [6, 6.07) is 14.8. The molecule has 1 aliphatic rings. The van der Waals surface area contributed by atoms with E-state index in [0.717, 1.165) is 16.9 Å². The van der Waals surface area contributed by atoms with Crippen molar-refractivity contribution in [2.45, 2.75) is 6.10 Å². The quantitative estimate of drug-likeness (QED) is 0.728. The second-order valence-electron chi connectivity index (χ2n) is 4.06. The van der Waals surface area contributed by atoms with Crippen LogP contribution in [0.2, 0.25) is 5.02 Å². The van der Waals surface area contributed by atoms with Crippen molar-refractivity contribution in [1.82, 2.24) is 0 Å². The van der Waals surface area contributed by atoms with Gasteiger partial charge in [-0.25, -0.2) is 4.79 Å². The lowest BCUT2D eigenvalue weighted by molar-refractivity contribution is 0.283. The SMILES string of the molecule is O=C=C1c2ccccc2OC1c1ccc(Cl)cc1. The zero-order chi connectivity index (χ0) is 12.5. The second kappa shape index (κ2) is 4.34. The molecule has 0 saturated carbocycles. The molecule has 0 N–H and O–H groups in total. The van der Waals surface area contributed by atoms with Crippen LogP contribution in [0.1, 0.15) is 17.2 Å². The minimum absolute atomic E-state index is 0.392. The molecule has 0 fully saturated rings. The number of halogens is 1. The third-order valence-electron chi connectivity index (χ3n) is 2.97. The monoisotopic (exact) mass is 256 g/mol. The number of hydrogen-bond donors (Lipinski definition) is 0. The smallest absolute Gasteiger partial charge is 0.160 e. The average molecular weight is 257 g/mol. The molecule has 3 rings (SSSR count). The van der Waals surface area contributed by atoms with E-state index in [4.69, 9.17) is 16.3 Å². The number of ether oxygens (including phenoxy) is 1. The van der Waals surface area contributed by atoms with Crippen LogP contribution in [0.25, 0.3) is 5.57 Å². The van der Waals surface area contributed by atoms with Crippen LogP contribution in [-0.2, 0) is 4.79 Å². The summed E-state index contributed by atoms with van der Waals surface area (Å²) in [5.41, 5.74) is 2.24. The Balaban J connectivity index is 2.07. The Labute approximate surface area is 109 Å². The highest BCUT2D eigenvalue weighted by atomic mass is 35.5. The van der Waals surface area contributed by atoms with E-state index in [9.17, 15) is 4.79 Å². The van der Waals surface area contributed by atoms with E-state index < -0.39 is 6.10 Å². The molecule has 2 nitrogen and oxygen atoms in total. The number of carbonyl (C=O) groups excluding carboxylic acids is 1. The first-order chi connectivity index (χ1) is 8.79. The van der Waals surface area contributed by atoms with Gasteiger partial charge in [-0.05, 0) is 23.8 Å². The third kappa shape index (κ3) is 1.72. The molecule has 0 radical (unpaired) electrons. The van der Waals surface area contributed by atoms with Gasteiger partial charge in [-0.15, -0.1) is 0 Å². The van der Waals surface area contributed by atoms with Crippen molar-refractivity contribution in [2.24, 2.45) is 0 Å². The van der Waals surface area contributed by atoms with E-state index in [1.807, 2.05) is 42.3 Å². The van der Waals surface area contributed by atoms with Crippen LogP contribution in [0.5, 0.6) is 5.75 Å². The Morgan fingerprint density at radius 3 is 2.50 bits per heavy atom. The van der Waals surface area contributed by atoms with Gasteiger partial charge < -0.3 is 4.74 Å². The molecular formula is C15H9ClO2. The minimum Gasteiger partial charge on any atom is -0.480 e. The van der Waals surface area contributed by atoms with Crippen LogP contribution in [0, 0.1) is 0 Å². The summed E-state index contributed by atoms with van der Waals surface area (Å²) in [5.74, 6) is 2.71. The van der Waals surface area contributed by atoms with E-state index in [1.54, 1.807) is 12.1 Å². The van der Waals surface area contributed by atoms with Crippen LogP contribution < -0.4 is 4.74 Å². The molecule has 88 valence electrons. The first-order valence-electron chi connectivity index (χ1n) is 5.56. The maximum atomic E-state index is 11.2. The number of rotatable bonds is 1. The molecule has 18 heavy (non-hydrogen) atoms. The molecule has 0 aliphatic carbocycles. The molecule has 2 aromatic carbocycles. The molecule has 0 amide bonds. The molecule has 0 spiro atoms. The fraction of sp³-hybridized carbons (Fsp3) is 0.0667. The fourth-order valence-electron chi connectivity index (χ4n) is 2.10. The first-order valence-corrected chi connectivity index (χ1v) is 5.94. The Bertz CT molecular complexity index is 640. The Kier molecular flexibility index (Phi) is 2.67. The topological polar surface area (TPSA) is 26.3 Å². The predicted octanol–water partition coefficient (Wildman–Crippen LogP) is 3.69. The van der Waals surface area contributed by atoms with Crippen LogP contribution in [-0.4, -0.2) is 5.94 Å². The van der Waals surface area contributed by atoms with Crippen LogP contribution in [0.4, 0.5) is 0 Å². The maximum Gasteiger partial charge on any atom is 0.160 e. The Hall–Kier alpha value is -2.02. The molecule has 3 heteroatoms. The van der Waals surface area contributed by atoms with Gasteiger partial charge in [0, 0.05) is 10.6 Å². The van der Waals surface area contributed by atoms with Crippen molar-refractivity contribution in [3.05, 3.63) is 64.7 Å². The van der Waals surface area contributed by atoms with Gasteiger partial charge in [0.2, 0.25) is 0 Å². The van der Waals surface area contributed by atoms with Crippen molar-refractivity contribution < 1.29 is 9.53 Å². The highest BCUT2D eigenvalue weighted by molar-refractivity contribution is 6.30. The number of fused-ring (bicyclic) bond motifs is 1. The molecule has 1 unspecified atom stereocenters. The largest absolute Gasteiger partial charge is 0.480 e. The van der Waals surface area contributed by atoms with Crippen LogP contribution >= 0.6 is 11.6 Å². The summed E-state index contributed by atoms with van der Waals surface area (Å²) < 4.78 is 5.79. The molecule has 2 aromatic rings. The highest BCUT2D eigenvalue weighted by Crippen LogP contribution is 2.43. The van der Waals surface area contributed by atoms with Gasteiger partial charge in [-0.1, -0.05) is 41.9 Å². The number of benzene rings is 2. The summed E-state index contributed by atoms with van der Waals surface area (Å²) >= 11 is 5.85. The lowest BCUT2D eigenvalue weighted by atomic mass is 9.99. The van der Waals surface area contributed by atoms with Gasteiger partial charge in [-0.3, -0.25) is 0 Å². The normalized spacial score (nSPS) is 16.9. The van der Waals surface area contributed by atoms with Crippen molar-refractivity contribution >= 4 is 23.1 Å². The Morgan fingerprint density at radius 2 is 1.78 bits per heavy atom. The fourth-order valence-corrected chi connectivity index (χ4v) is 2.23. The van der Waals surface area contributed by atoms with Gasteiger partial charge in [0.05, 0.1) is 5.57 Å². The van der Waals surface area contributed by atoms with Crippen LogP contribution in [0.15, 0.2) is 48.5 Å². The average Bonchev–Trinajstić information content (AvgIpc) is 2.78. The molecule has 1 heterocycles. The summed E-state index contributed by atoms with van der Waals surface area (Å²) in [4.78, 5) is 11.2. The molecule has 1 aliphatic heterocycles. The number of para-hydroxylation sites is 1. The van der Waals surface area contributed by atoms with Gasteiger partial charge in [0.1, 0.15) is 11.7 Å². The van der Waals surface area contributed by atoms with Crippen molar-refractivity contribution in [2.75, 3.05) is 0 Å². The molecular weight excluding hydrogens is 248 g/mol.